The normalized spacial score (nSPS) is 12.5. The molecule has 1 aromatic rings. The third-order valence-electron chi connectivity index (χ3n) is 2.20. The van der Waals surface area contributed by atoms with Gasteiger partial charge in [-0.3, -0.25) is 0 Å². The van der Waals surface area contributed by atoms with Crippen molar-refractivity contribution >= 4 is 5.69 Å². The van der Waals surface area contributed by atoms with Crippen LogP contribution in [0, 0.1) is 11.8 Å². The van der Waals surface area contributed by atoms with Crippen molar-refractivity contribution in [1.29, 1.82) is 0 Å². The fraction of sp³-hybridized carbons (Fsp3) is 0.400. The number of nitrogen functional groups attached to an aromatic ring is 1. The van der Waals surface area contributed by atoms with Crippen molar-refractivity contribution in [1.82, 2.24) is 0 Å². The first-order valence-corrected chi connectivity index (χ1v) is 4.37. The summed E-state index contributed by atoms with van der Waals surface area (Å²) in [6.07, 6.45) is 0.714. The Balaban J connectivity index is 3.01. The molecule has 1 aromatic carbocycles. The number of hydrogen-bond donors (Lipinski definition) is 1. The number of nitrogens with zero attached hydrogens (tertiary/aromatic N) is 1. The molecule has 0 aromatic heterocycles. The monoisotopic (exact) mass is 178 g/mol. The van der Waals surface area contributed by atoms with Gasteiger partial charge in [0, 0.05) is 5.69 Å². The molecule has 0 aliphatic rings. The molecule has 3 nitrogen and oxygen atoms in total. The smallest absolute Gasteiger partial charge is 0.117 e. The van der Waals surface area contributed by atoms with E-state index in [1.807, 2.05) is 32.0 Å². The molecule has 0 saturated heterocycles. The summed E-state index contributed by atoms with van der Waals surface area (Å²) in [5, 5.41) is 3.04. The lowest BCUT2D eigenvalue weighted by atomic mass is 10.0. The van der Waals surface area contributed by atoms with Crippen molar-refractivity contribution < 1.29 is 0 Å². The second-order valence-corrected chi connectivity index (χ2v) is 3.15. The predicted molar refractivity (Wildman–Crippen MR) is 54.4 cm³/mol. The van der Waals surface area contributed by atoms with Gasteiger partial charge in [0.05, 0.1) is 0 Å². The maximum atomic E-state index is 10.4. The molecule has 0 heterocycles. The first kappa shape index (κ1) is 9.71. The molecular formula is C10H14N2O. The minimum Gasteiger partial charge on any atom is -0.399 e. The van der Waals surface area contributed by atoms with Gasteiger partial charge in [-0.2, -0.15) is 4.91 Å². The van der Waals surface area contributed by atoms with Gasteiger partial charge in [-0.1, -0.05) is 24.2 Å². The number of rotatable bonds is 3. The van der Waals surface area contributed by atoms with Crippen molar-refractivity contribution in [3.63, 3.8) is 0 Å². The number of anilines is 1. The summed E-state index contributed by atoms with van der Waals surface area (Å²) in [4.78, 5) is 10.4. The van der Waals surface area contributed by atoms with E-state index in [0.717, 1.165) is 16.8 Å². The Labute approximate surface area is 77.9 Å². The Bertz CT molecular complexity index is 310. The van der Waals surface area contributed by atoms with Crippen LogP contribution in [-0.4, -0.2) is 0 Å². The van der Waals surface area contributed by atoms with Gasteiger partial charge in [0.15, 0.2) is 0 Å². The van der Waals surface area contributed by atoms with E-state index in [9.17, 15) is 4.91 Å². The Morgan fingerprint density at radius 2 is 2.23 bits per heavy atom. The third-order valence-corrected chi connectivity index (χ3v) is 2.20. The molecule has 0 bridgehead atoms. The first-order valence-electron chi connectivity index (χ1n) is 4.37. The molecule has 0 amide bonds. The van der Waals surface area contributed by atoms with Crippen molar-refractivity contribution in [2.24, 2.45) is 5.18 Å². The number of nitroso groups, excluding NO2 is 1. The average Bonchev–Trinajstić information content (AvgIpc) is 2.13. The van der Waals surface area contributed by atoms with E-state index < -0.39 is 0 Å². The second kappa shape index (κ2) is 4.03. The van der Waals surface area contributed by atoms with Gasteiger partial charge in [-0.15, -0.1) is 0 Å². The van der Waals surface area contributed by atoms with Crippen LogP contribution in [0.15, 0.2) is 23.4 Å². The topological polar surface area (TPSA) is 55.5 Å². The molecule has 1 atom stereocenters. The van der Waals surface area contributed by atoms with Crippen LogP contribution in [-0.2, 0) is 0 Å². The largest absolute Gasteiger partial charge is 0.399 e. The van der Waals surface area contributed by atoms with Crippen molar-refractivity contribution in [2.75, 3.05) is 5.73 Å². The molecule has 70 valence electrons. The number of benzene rings is 1. The lowest BCUT2D eigenvalue weighted by Gasteiger charge is -2.08. The molecule has 2 N–H and O–H groups in total. The number of aryl methyl sites for hydroxylation is 1. The Morgan fingerprint density at radius 3 is 2.69 bits per heavy atom. The van der Waals surface area contributed by atoms with E-state index in [1.54, 1.807) is 0 Å². The molecule has 0 radical (unpaired) electrons. The van der Waals surface area contributed by atoms with Gasteiger partial charge in [0.2, 0.25) is 0 Å². The molecule has 0 saturated carbocycles. The van der Waals surface area contributed by atoms with Gasteiger partial charge in [0.25, 0.3) is 0 Å². The van der Waals surface area contributed by atoms with Crippen LogP contribution >= 0.6 is 0 Å². The Morgan fingerprint density at radius 1 is 1.54 bits per heavy atom. The van der Waals surface area contributed by atoms with Crippen LogP contribution in [0.3, 0.4) is 0 Å². The van der Waals surface area contributed by atoms with Crippen molar-refractivity contribution in [3.05, 3.63) is 34.2 Å². The van der Waals surface area contributed by atoms with Crippen LogP contribution in [0.25, 0.3) is 0 Å². The second-order valence-electron chi connectivity index (χ2n) is 3.15. The fourth-order valence-electron chi connectivity index (χ4n) is 1.24. The number of nitrogens with two attached hydrogens (primary N) is 1. The highest BCUT2D eigenvalue weighted by Crippen LogP contribution is 2.23. The first-order chi connectivity index (χ1) is 6.19. The van der Waals surface area contributed by atoms with E-state index in [-0.39, 0.29) is 6.04 Å². The quantitative estimate of drug-likeness (QED) is 0.571. The van der Waals surface area contributed by atoms with Crippen LogP contribution in [0.5, 0.6) is 0 Å². The van der Waals surface area contributed by atoms with Crippen LogP contribution in [0.4, 0.5) is 5.69 Å². The third kappa shape index (κ3) is 2.05. The predicted octanol–water partition coefficient (Wildman–Crippen LogP) is 2.79. The summed E-state index contributed by atoms with van der Waals surface area (Å²) in [5.74, 6) is 0. The molecular weight excluding hydrogens is 164 g/mol. The SMILES string of the molecule is CCC(N=O)c1ccc(C)c(N)c1. The van der Waals surface area contributed by atoms with Gasteiger partial charge < -0.3 is 5.73 Å². The summed E-state index contributed by atoms with van der Waals surface area (Å²) >= 11 is 0. The van der Waals surface area contributed by atoms with Crippen LogP contribution < -0.4 is 5.73 Å². The molecule has 13 heavy (non-hydrogen) atoms. The zero-order chi connectivity index (χ0) is 9.84. The van der Waals surface area contributed by atoms with Crippen LogP contribution in [0.1, 0.15) is 30.5 Å². The summed E-state index contributed by atoms with van der Waals surface area (Å²) < 4.78 is 0. The highest BCUT2D eigenvalue weighted by Gasteiger charge is 2.09. The molecule has 0 aliphatic carbocycles. The van der Waals surface area contributed by atoms with E-state index in [2.05, 4.69) is 5.18 Å². The molecule has 1 rings (SSSR count). The molecule has 3 heteroatoms. The summed E-state index contributed by atoms with van der Waals surface area (Å²) in [7, 11) is 0. The maximum Gasteiger partial charge on any atom is 0.117 e. The summed E-state index contributed by atoms with van der Waals surface area (Å²) in [5.41, 5.74) is 8.38. The van der Waals surface area contributed by atoms with Gasteiger partial charge in [-0.05, 0) is 30.5 Å². The summed E-state index contributed by atoms with van der Waals surface area (Å²) in [6, 6.07) is 5.38. The standard InChI is InChI=1S/C10H14N2O/c1-3-10(12-13)8-5-4-7(2)9(11)6-8/h4-6,10H,3,11H2,1-2H3. The van der Waals surface area contributed by atoms with Crippen molar-refractivity contribution in [3.8, 4) is 0 Å². The van der Waals surface area contributed by atoms with Crippen molar-refractivity contribution in [2.45, 2.75) is 26.3 Å². The molecule has 1 unspecified atom stereocenters. The minimum absolute atomic E-state index is 0.261. The number of hydrogen-bond acceptors (Lipinski definition) is 3. The zero-order valence-electron chi connectivity index (χ0n) is 7.95. The lowest BCUT2D eigenvalue weighted by Crippen LogP contribution is -1.96. The molecule has 0 spiro atoms. The minimum atomic E-state index is -0.261. The van der Waals surface area contributed by atoms with E-state index in [0.29, 0.717) is 6.42 Å². The van der Waals surface area contributed by atoms with Gasteiger partial charge in [0.1, 0.15) is 6.04 Å². The Kier molecular flexibility index (Phi) is 3.01. The Hall–Kier alpha value is -1.38. The molecule has 0 aliphatic heterocycles. The lowest BCUT2D eigenvalue weighted by molar-refractivity contribution is 0.695. The maximum absolute atomic E-state index is 10.4. The van der Waals surface area contributed by atoms with E-state index in [4.69, 9.17) is 5.73 Å². The van der Waals surface area contributed by atoms with Crippen LogP contribution in [0.2, 0.25) is 0 Å². The fourth-order valence-corrected chi connectivity index (χ4v) is 1.24. The van der Waals surface area contributed by atoms with Gasteiger partial charge in [-0.25, -0.2) is 0 Å². The van der Waals surface area contributed by atoms with E-state index in [1.165, 1.54) is 0 Å². The molecule has 0 fully saturated rings. The zero-order valence-corrected chi connectivity index (χ0v) is 7.95. The highest BCUT2D eigenvalue weighted by molar-refractivity contribution is 5.49. The summed E-state index contributed by atoms with van der Waals surface area (Å²) in [6.45, 7) is 3.87. The average molecular weight is 178 g/mol. The van der Waals surface area contributed by atoms with E-state index >= 15 is 0 Å². The van der Waals surface area contributed by atoms with Gasteiger partial charge >= 0.3 is 0 Å². The highest BCUT2D eigenvalue weighted by atomic mass is 16.3.